The van der Waals surface area contributed by atoms with Gasteiger partial charge in [-0.1, -0.05) is 13.0 Å². The minimum atomic E-state index is 0.0584. The maximum Gasteiger partial charge on any atom is 0.254 e. The first-order chi connectivity index (χ1) is 11.2. The number of hydrogen-bond donors (Lipinski definition) is 2. The predicted octanol–water partition coefficient (Wildman–Crippen LogP) is 2.25. The van der Waals surface area contributed by atoms with Crippen molar-refractivity contribution in [1.82, 2.24) is 10.2 Å². The highest BCUT2D eigenvalue weighted by molar-refractivity contribution is 5.98. The van der Waals surface area contributed by atoms with Crippen molar-refractivity contribution in [3.63, 3.8) is 0 Å². The summed E-state index contributed by atoms with van der Waals surface area (Å²) in [6.45, 7) is 4.69. The van der Waals surface area contributed by atoms with Crippen LogP contribution in [0, 0.1) is 5.92 Å². The Kier molecular flexibility index (Phi) is 4.96. The summed E-state index contributed by atoms with van der Waals surface area (Å²) < 4.78 is 0. The van der Waals surface area contributed by atoms with Crippen LogP contribution >= 0.6 is 0 Å². The van der Waals surface area contributed by atoms with Gasteiger partial charge in [-0.05, 0) is 50.4 Å². The van der Waals surface area contributed by atoms with Gasteiger partial charge in [0.2, 0.25) is 5.91 Å². The van der Waals surface area contributed by atoms with Gasteiger partial charge in [0.25, 0.3) is 5.91 Å². The van der Waals surface area contributed by atoms with E-state index in [-0.39, 0.29) is 23.8 Å². The molecule has 2 N–H and O–H groups in total. The Balaban J connectivity index is 1.72. The molecule has 1 saturated carbocycles. The number of nitrogens with zero attached hydrogens (tertiary/aromatic N) is 1. The van der Waals surface area contributed by atoms with Crippen LogP contribution in [0.1, 0.15) is 43.0 Å². The third-order valence-electron chi connectivity index (χ3n) is 4.53. The molecule has 1 aromatic rings. The Morgan fingerprint density at radius 3 is 2.78 bits per heavy atom. The topological polar surface area (TPSA) is 61.4 Å². The molecule has 5 heteroatoms. The van der Waals surface area contributed by atoms with Crippen molar-refractivity contribution in [3.05, 3.63) is 29.8 Å². The van der Waals surface area contributed by atoms with Gasteiger partial charge in [0.1, 0.15) is 0 Å². The number of amides is 2. The minimum absolute atomic E-state index is 0.0584. The zero-order valence-electron chi connectivity index (χ0n) is 13.7. The molecular weight excluding hydrogens is 290 g/mol. The lowest BCUT2D eigenvalue weighted by molar-refractivity contribution is -0.117. The quantitative estimate of drug-likeness (QED) is 0.846. The van der Waals surface area contributed by atoms with Crippen LogP contribution in [-0.4, -0.2) is 42.4 Å². The van der Waals surface area contributed by atoms with E-state index in [0.717, 1.165) is 45.3 Å². The normalized spacial score (nSPS) is 20.3. The lowest BCUT2D eigenvalue weighted by Crippen LogP contribution is -2.42. The molecule has 5 nitrogen and oxygen atoms in total. The summed E-state index contributed by atoms with van der Waals surface area (Å²) in [4.78, 5) is 26.8. The van der Waals surface area contributed by atoms with Crippen LogP contribution in [0.3, 0.4) is 0 Å². The molecule has 1 heterocycles. The van der Waals surface area contributed by atoms with Crippen LogP contribution in [0.25, 0.3) is 0 Å². The summed E-state index contributed by atoms with van der Waals surface area (Å²) in [5, 5.41) is 6.24. The predicted molar refractivity (Wildman–Crippen MR) is 90.4 cm³/mol. The highest BCUT2D eigenvalue weighted by atomic mass is 16.2. The van der Waals surface area contributed by atoms with Gasteiger partial charge in [-0.3, -0.25) is 9.59 Å². The Hall–Kier alpha value is -1.88. The van der Waals surface area contributed by atoms with E-state index >= 15 is 0 Å². The summed E-state index contributed by atoms with van der Waals surface area (Å²) >= 11 is 0. The molecule has 1 aromatic carbocycles. The summed E-state index contributed by atoms with van der Waals surface area (Å²) in [6.07, 6.45) is 3.90. The fourth-order valence-electron chi connectivity index (χ4n) is 3.08. The van der Waals surface area contributed by atoms with Crippen molar-refractivity contribution in [2.45, 2.75) is 38.6 Å². The molecular formula is C18H25N3O2. The molecule has 2 fully saturated rings. The molecule has 3 rings (SSSR count). The number of benzene rings is 1. The molecule has 1 unspecified atom stereocenters. The smallest absolute Gasteiger partial charge is 0.254 e. The van der Waals surface area contributed by atoms with E-state index in [1.165, 1.54) is 0 Å². The van der Waals surface area contributed by atoms with E-state index in [4.69, 9.17) is 0 Å². The van der Waals surface area contributed by atoms with E-state index in [2.05, 4.69) is 17.6 Å². The van der Waals surface area contributed by atoms with Crippen LogP contribution in [0.15, 0.2) is 24.3 Å². The van der Waals surface area contributed by atoms with Crippen molar-refractivity contribution < 1.29 is 9.59 Å². The molecule has 0 bridgehead atoms. The Bertz CT molecular complexity index is 577. The third kappa shape index (κ3) is 3.91. The number of rotatable bonds is 6. The van der Waals surface area contributed by atoms with Crippen molar-refractivity contribution in [2.24, 2.45) is 5.92 Å². The van der Waals surface area contributed by atoms with Gasteiger partial charge in [-0.2, -0.15) is 0 Å². The summed E-state index contributed by atoms with van der Waals surface area (Å²) in [7, 11) is 0. The first kappa shape index (κ1) is 16.0. The Morgan fingerprint density at radius 1 is 1.30 bits per heavy atom. The van der Waals surface area contributed by atoms with Crippen LogP contribution in [0.4, 0.5) is 5.69 Å². The van der Waals surface area contributed by atoms with E-state index in [0.29, 0.717) is 11.3 Å². The molecule has 1 aliphatic carbocycles. The van der Waals surface area contributed by atoms with Gasteiger partial charge in [0, 0.05) is 36.3 Å². The van der Waals surface area contributed by atoms with Crippen molar-refractivity contribution >= 4 is 17.5 Å². The number of nitrogens with one attached hydrogen (secondary N) is 2. The van der Waals surface area contributed by atoms with Crippen molar-refractivity contribution in [1.29, 1.82) is 0 Å². The third-order valence-corrected chi connectivity index (χ3v) is 4.53. The number of hydrogen-bond acceptors (Lipinski definition) is 3. The fraction of sp³-hybridized carbons (Fsp3) is 0.556. The average molecular weight is 315 g/mol. The molecule has 2 aliphatic rings. The van der Waals surface area contributed by atoms with Crippen LogP contribution in [0.5, 0.6) is 0 Å². The first-order valence-corrected chi connectivity index (χ1v) is 8.61. The van der Waals surface area contributed by atoms with Gasteiger partial charge in [0.05, 0.1) is 0 Å². The van der Waals surface area contributed by atoms with E-state index < -0.39 is 0 Å². The van der Waals surface area contributed by atoms with E-state index in [1.807, 2.05) is 23.1 Å². The van der Waals surface area contributed by atoms with Crippen LogP contribution < -0.4 is 10.6 Å². The Labute approximate surface area is 137 Å². The Morgan fingerprint density at radius 2 is 2.13 bits per heavy atom. The largest absolute Gasteiger partial charge is 0.334 e. The van der Waals surface area contributed by atoms with Crippen LogP contribution in [0.2, 0.25) is 0 Å². The van der Waals surface area contributed by atoms with Gasteiger partial charge >= 0.3 is 0 Å². The molecule has 23 heavy (non-hydrogen) atoms. The standard InChI is InChI=1S/C18H25N3O2/c1-2-10-21(16-8-9-19-12-16)18(23)14-4-3-5-15(11-14)20-17(22)13-6-7-13/h3-5,11,13,16,19H,2,6-10,12H2,1H3,(H,20,22). The van der Waals surface area contributed by atoms with Gasteiger partial charge in [-0.25, -0.2) is 0 Å². The second-order valence-corrected chi connectivity index (χ2v) is 6.49. The molecule has 1 atom stereocenters. The van der Waals surface area contributed by atoms with E-state index in [9.17, 15) is 9.59 Å². The fourth-order valence-corrected chi connectivity index (χ4v) is 3.08. The molecule has 124 valence electrons. The van der Waals surface area contributed by atoms with Crippen LogP contribution in [-0.2, 0) is 4.79 Å². The summed E-state index contributed by atoms with van der Waals surface area (Å²) in [5.74, 6) is 0.290. The lowest BCUT2D eigenvalue weighted by Gasteiger charge is -2.28. The van der Waals surface area contributed by atoms with Crippen molar-refractivity contribution in [2.75, 3.05) is 25.0 Å². The first-order valence-electron chi connectivity index (χ1n) is 8.61. The molecule has 0 spiro atoms. The molecule has 0 radical (unpaired) electrons. The second kappa shape index (κ2) is 7.13. The monoisotopic (exact) mass is 315 g/mol. The van der Waals surface area contributed by atoms with Gasteiger partial charge < -0.3 is 15.5 Å². The molecule has 1 aliphatic heterocycles. The SMILES string of the molecule is CCCN(C(=O)c1cccc(NC(=O)C2CC2)c1)C1CCNC1. The average Bonchev–Trinajstić information content (AvgIpc) is 3.28. The maximum atomic E-state index is 12.9. The highest BCUT2D eigenvalue weighted by Crippen LogP contribution is 2.30. The lowest BCUT2D eigenvalue weighted by atomic mass is 10.1. The molecule has 1 saturated heterocycles. The zero-order chi connectivity index (χ0) is 16.2. The summed E-state index contributed by atoms with van der Waals surface area (Å²) in [5.41, 5.74) is 1.37. The number of carbonyl (C=O) groups is 2. The van der Waals surface area contributed by atoms with Crippen molar-refractivity contribution in [3.8, 4) is 0 Å². The minimum Gasteiger partial charge on any atom is -0.334 e. The van der Waals surface area contributed by atoms with Gasteiger partial charge in [0.15, 0.2) is 0 Å². The molecule has 2 amide bonds. The molecule has 0 aromatic heterocycles. The number of carbonyl (C=O) groups excluding carboxylic acids is 2. The second-order valence-electron chi connectivity index (χ2n) is 6.49. The van der Waals surface area contributed by atoms with E-state index in [1.54, 1.807) is 6.07 Å². The summed E-state index contributed by atoms with van der Waals surface area (Å²) in [6, 6.07) is 7.59. The van der Waals surface area contributed by atoms with Gasteiger partial charge in [-0.15, -0.1) is 0 Å². The highest BCUT2D eigenvalue weighted by Gasteiger charge is 2.30. The zero-order valence-corrected chi connectivity index (χ0v) is 13.7. The maximum absolute atomic E-state index is 12.9. The number of anilines is 1.